The number of hydrogen-bond acceptors (Lipinski definition) is 5. The van der Waals surface area contributed by atoms with E-state index >= 15 is 0 Å². The summed E-state index contributed by atoms with van der Waals surface area (Å²) in [6.45, 7) is 1.90. The number of amides is 1. The molecule has 5 rings (SSSR count). The molecule has 0 unspecified atom stereocenters. The third-order valence-corrected chi connectivity index (χ3v) is 8.01. The molecular formula is C27H35ClN6O2. The summed E-state index contributed by atoms with van der Waals surface area (Å²) < 4.78 is 5.57. The molecule has 1 spiro atoms. The highest BCUT2D eigenvalue weighted by molar-refractivity contribution is 6.31. The van der Waals surface area contributed by atoms with E-state index in [0.29, 0.717) is 43.4 Å². The molecule has 2 aliphatic heterocycles. The Morgan fingerprint density at radius 3 is 2.64 bits per heavy atom. The summed E-state index contributed by atoms with van der Waals surface area (Å²) in [6, 6.07) is 15.8. The van der Waals surface area contributed by atoms with Crippen molar-refractivity contribution in [3.05, 3.63) is 53.6 Å². The van der Waals surface area contributed by atoms with Gasteiger partial charge in [0.1, 0.15) is 11.3 Å². The number of guanidine groups is 1. The fourth-order valence-electron chi connectivity index (χ4n) is 5.67. The minimum absolute atomic E-state index is 0.0436. The molecule has 2 saturated heterocycles. The fraction of sp³-hybridized carbons (Fsp3) is 0.481. The number of nitrogens with two attached hydrogens (primary N) is 1. The Kier molecular flexibility index (Phi) is 7.25. The number of methoxy groups -OCH3 is 1. The average molecular weight is 511 g/mol. The van der Waals surface area contributed by atoms with Gasteiger partial charge >= 0.3 is 0 Å². The molecule has 0 aromatic heterocycles. The zero-order chi connectivity index (χ0) is 25.1. The Bertz CT molecular complexity index is 1100. The molecule has 1 aliphatic carbocycles. The van der Waals surface area contributed by atoms with E-state index < -0.39 is 5.54 Å². The van der Waals surface area contributed by atoms with Crippen LogP contribution in [-0.2, 0) is 4.79 Å². The van der Waals surface area contributed by atoms with Crippen molar-refractivity contribution >= 4 is 34.8 Å². The van der Waals surface area contributed by atoms with Gasteiger partial charge in [-0.3, -0.25) is 4.79 Å². The first-order valence-corrected chi connectivity index (χ1v) is 13.2. The molecule has 192 valence electrons. The number of hydrogen-bond donors (Lipinski definition) is 3. The highest BCUT2D eigenvalue weighted by atomic mass is 35.5. The van der Waals surface area contributed by atoms with Crippen molar-refractivity contribution in [1.82, 2.24) is 10.2 Å². The number of aliphatic imine (C=N–C) groups is 1. The SMILES string of the molecule is COc1ccc(Cl)cc1NC(=N[C@H]1CCCC[C@@H]1N)N1CCC2(CC1)C(=O)NCN2c1ccccc1. The Balaban J connectivity index is 1.41. The van der Waals surface area contributed by atoms with E-state index in [1.165, 1.54) is 0 Å². The predicted molar refractivity (Wildman–Crippen MR) is 145 cm³/mol. The third kappa shape index (κ3) is 4.84. The topological polar surface area (TPSA) is 95.2 Å². The van der Waals surface area contributed by atoms with Crippen LogP contribution >= 0.6 is 11.6 Å². The number of anilines is 2. The molecule has 36 heavy (non-hydrogen) atoms. The standard InChI is InChI=1S/C27H35ClN6O2/c1-36-24-12-11-19(28)17-23(24)32-26(31-22-10-6-5-9-21(22)29)33-15-13-27(14-16-33)25(35)30-18-34(27)20-7-3-2-4-8-20/h2-4,7-8,11-12,17,21-22H,5-6,9-10,13-16,18,29H2,1H3,(H,30,35)(H,31,32)/t21-,22-/m0/s1. The molecule has 0 radical (unpaired) electrons. The van der Waals surface area contributed by atoms with Gasteiger partial charge in [0, 0.05) is 29.8 Å². The fourth-order valence-corrected chi connectivity index (χ4v) is 5.84. The molecule has 2 atom stereocenters. The lowest BCUT2D eigenvalue weighted by atomic mass is 9.85. The number of carbonyl (C=O) groups is 1. The van der Waals surface area contributed by atoms with E-state index in [1.54, 1.807) is 13.2 Å². The molecule has 9 heteroatoms. The van der Waals surface area contributed by atoms with Crippen LogP contribution in [0.5, 0.6) is 5.75 Å². The molecule has 1 amide bonds. The number of carbonyl (C=O) groups excluding carboxylic acids is 1. The maximum Gasteiger partial charge on any atom is 0.247 e. The zero-order valence-electron chi connectivity index (χ0n) is 20.8. The van der Waals surface area contributed by atoms with E-state index in [2.05, 4.69) is 32.6 Å². The molecule has 2 aromatic rings. The molecule has 0 bridgehead atoms. The number of nitrogens with one attached hydrogen (secondary N) is 2. The number of nitrogens with zero attached hydrogens (tertiary/aromatic N) is 3. The van der Waals surface area contributed by atoms with E-state index in [9.17, 15) is 4.79 Å². The van der Waals surface area contributed by atoms with Gasteiger partial charge in [-0.25, -0.2) is 4.99 Å². The molecule has 2 aromatic carbocycles. The minimum atomic E-state index is -0.558. The normalized spacial score (nSPS) is 24.1. The average Bonchev–Trinajstić information content (AvgIpc) is 3.21. The monoisotopic (exact) mass is 510 g/mol. The second-order valence-electron chi connectivity index (χ2n) is 9.88. The molecular weight excluding hydrogens is 476 g/mol. The van der Waals surface area contributed by atoms with Crippen LogP contribution < -0.4 is 26.0 Å². The molecule has 8 nitrogen and oxygen atoms in total. The van der Waals surface area contributed by atoms with Crippen molar-refractivity contribution in [2.75, 3.05) is 37.1 Å². The Morgan fingerprint density at radius 1 is 1.17 bits per heavy atom. The molecule has 2 heterocycles. The van der Waals surface area contributed by atoms with Crippen molar-refractivity contribution in [2.24, 2.45) is 10.7 Å². The number of halogens is 1. The van der Waals surface area contributed by atoms with Gasteiger partial charge in [-0.2, -0.15) is 0 Å². The zero-order valence-corrected chi connectivity index (χ0v) is 21.5. The minimum Gasteiger partial charge on any atom is -0.495 e. The van der Waals surface area contributed by atoms with Crippen LogP contribution in [0.25, 0.3) is 0 Å². The summed E-state index contributed by atoms with van der Waals surface area (Å²) in [7, 11) is 1.64. The Hall–Kier alpha value is -2.97. The number of piperidine rings is 1. The molecule has 4 N–H and O–H groups in total. The number of ether oxygens (including phenoxy) is 1. The molecule has 3 fully saturated rings. The lowest BCUT2D eigenvalue weighted by Gasteiger charge is -2.44. The quantitative estimate of drug-likeness (QED) is 0.427. The largest absolute Gasteiger partial charge is 0.495 e. The third-order valence-electron chi connectivity index (χ3n) is 7.77. The summed E-state index contributed by atoms with van der Waals surface area (Å²) in [5.41, 5.74) is 7.73. The van der Waals surface area contributed by atoms with Gasteiger partial charge in [0.25, 0.3) is 0 Å². The van der Waals surface area contributed by atoms with Crippen molar-refractivity contribution in [3.63, 3.8) is 0 Å². The van der Waals surface area contributed by atoms with Gasteiger partial charge in [0.2, 0.25) is 5.91 Å². The van der Waals surface area contributed by atoms with E-state index in [0.717, 1.165) is 43.0 Å². The lowest BCUT2D eigenvalue weighted by molar-refractivity contribution is -0.124. The predicted octanol–water partition coefficient (Wildman–Crippen LogP) is 3.81. The summed E-state index contributed by atoms with van der Waals surface area (Å²) in [6.07, 6.45) is 5.62. The van der Waals surface area contributed by atoms with E-state index in [-0.39, 0.29) is 18.0 Å². The first kappa shape index (κ1) is 24.7. The molecule has 1 saturated carbocycles. The Morgan fingerprint density at radius 2 is 1.92 bits per heavy atom. The van der Waals surface area contributed by atoms with Gasteiger partial charge in [-0.1, -0.05) is 42.6 Å². The van der Waals surface area contributed by atoms with Gasteiger partial charge < -0.3 is 30.9 Å². The van der Waals surface area contributed by atoms with Crippen LogP contribution in [0.3, 0.4) is 0 Å². The number of para-hydroxylation sites is 1. The summed E-state index contributed by atoms with van der Waals surface area (Å²) >= 11 is 6.31. The summed E-state index contributed by atoms with van der Waals surface area (Å²) in [4.78, 5) is 22.7. The number of benzene rings is 2. The second kappa shape index (κ2) is 10.6. The maximum atomic E-state index is 13.1. The van der Waals surface area contributed by atoms with E-state index in [4.69, 9.17) is 27.1 Å². The highest BCUT2D eigenvalue weighted by Crippen LogP contribution is 2.37. The smallest absolute Gasteiger partial charge is 0.247 e. The van der Waals surface area contributed by atoms with Gasteiger partial charge in [0.05, 0.1) is 25.5 Å². The first-order valence-electron chi connectivity index (χ1n) is 12.8. The lowest BCUT2D eigenvalue weighted by Crippen LogP contribution is -2.58. The van der Waals surface area contributed by atoms with Crippen LogP contribution in [-0.4, -0.2) is 61.3 Å². The summed E-state index contributed by atoms with van der Waals surface area (Å²) in [5, 5.41) is 7.20. The van der Waals surface area contributed by atoms with Crippen molar-refractivity contribution in [2.45, 2.75) is 56.1 Å². The van der Waals surface area contributed by atoms with Crippen LogP contribution in [0.2, 0.25) is 5.02 Å². The van der Waals surface area contributed by atoms with Crippen LogP contribution in [0.15, 0.2) is 53.5 Å². The van der Waals surface area contributed by atoms with Gasteiger partial charge in [-0.05, 0) is 56.0 Å². The van der Waals surface area contributed by atoms with Gasteiger partial charge in [0.15, 0.2) is 5.96 Å². The van der Waals surface area contributed by atoms with Crippen molar-refractivity contribution < 1.29 is 9.53 Å². The van der Waals surface area contributed by atoms with Crippen LogP contribution in [0.1, 0.15) is 38.5 Å². The van der Waals surface area contributed by atoms with Crippen LogP contribution in [0, 0.1) is 0 Å². The van der Waals surface area contributed by atoms with E-state index in [1.807, 2.05) is 30.3 Å². The number of likely N-dealkylation sites (tertiary alicyclic amines) is 1. The number of rotatable bonds is 4. The maximum absolute atomic E-state index is 13.1. The molecule has 3 aliphatic rings. The summed E-state index contributed by atoms with van der Waals surface area (Å²) in [5.74, 6) is 1.56. The highest BCUT2D eigenvalue weighted by Gasteiger charge is 2.50. The van der Waals surface area contributed by atoms with Crippen molar-refractivity contribution in [1.29, 1.82) is 0 Å². The van der Waals surface area contributed by atoms with Crippen molar-refractivity contribution in [3.8, 4) is 5.75 Å². The Labute approximate surface area is 217 Å². The first-order chi connectivity index (χ1) is 17.5. The van der Waals surface area contributed by atoms with Gasteiger partial charge in [-0.15, -0.1) is 0 Å². The van der Waals surface area contributed by atoms with Crippen LogP contribution in [0.4, 0.5) is 11.4 Å². The second-order valence-corrected chi connectivity index (χ2v) is 10.3.